The van der Waals surface area contributed by atoms with Crippen molar-refractivity contribution in [2.75, 3.05) is 12.9 Å². The second-order valence-electron chi connectivity index (χ2n) is 6.37. The van der Waals surface area contributed by atoms with E-state index >= 15 is 0 Å². The molecule has 4 aromatic rings. The Balaban J connectivity index is 1.48. The van der Waals surface area contributed by atoms with Gasteiger partial charge in [-0.25, -0.2) is 0 Å². The van der Waals surface area contributed by atoms with Crippen molar-refractivity contribution in [1.82, 2.24) is 14.8 Å². The molecular weight excluding hydrogens is 370 g/mol. The van der Waals surface area contributed by atoms with Crippen LogP contribution in [0.15, 0.2) is 71.9 Å². The van der Waals surface area contributed by atoms with Crippen LogP contribution in [0.4, 0.5) is 0 Å². The highest BCUT2D eigenvalue weighted by Gasteiger charge is 2.14. The minimum Gasteiger partial charge on any atom is -0.497 e. The number of ketones is 1. The van der Waals surface area contributed by atoms with Crippen LogP contribution < -0.4 is 4.74 Å². The average molecular weight is 389 g/mol. The number of Topliss-reactive ketones (excluding diaryl/α,β-unsaturated/α-hetero) is 1. The molecule has 0 aliphatic carbocycles. The number of nitrogens with zero attached hydrogens (tertiary/aromatic N) is 3. The van der Waals surface area contributed by atoms with Gasteiger partial charge >= 0.3 is 0 Å². The van der Waals surface area contributed by atoms with Gasteiger partial charge in [0, 0.05) is 18.2 Å². The quantitative estimate of drug-likeness (QED) is 0.356. The third-order valence-electron chi connectivity index (χ3n) is 4.59. The molecule has 0 N–H and O–H groups in total. The van der Waals surface area contributed by atoms with E-state index in [-0.39, 0.29) is 5.78 Å². The molecule has 28 heavy (non-hydrogen) atoms. The largest absolute Gasteiger partial charge is 0.497 e. The molecule has 0 unspecified atom stereocenters. The monoisotopic (exact) mass is 389 g/mol. The van der Waals surface area contributed by atoms with Gasteiger partial charge in [-0.15, -0.1) is 10.2 Å². The van der Waals surface area contributed by atoms with Crippen LogP contribution in [0.3, 0.4) is 0 Å². The zero-order chi connectivity index (χ0) is 19.5. The van der Waals surface area contributed by atoms with Crippen LogP contribution in [0.5, 0.6) is 5.75 Å². The zero-order valence-electron chi connectivity index (χ0n) is 15.6. The molecule has 1 heterocycles. The summed E-state index contributed by atoms with van der Waals surface area (Å²) in [7, 11) is 3.54. The van der Waals surface area contributed by atoms with Crippen LogP contribution in [0.25, 0.3) is 22.2 Å². The average Bonchev–Trinajstić information content (AvgIpc) is 3.12. The molecule has 0 radical (unpaired) electrons. The van der Waals surface area contributed by atoms with E-state index in [4.69, 9.17) is 4.74 Å². The van der Waals surface area contributed by atoms with E-state index in [0.717, 1.165) is 27.9 Å². The molecule has 1 aromatic heterocycles. The lowest BCUT2D eigenvalue weighted by Gasteiger charge is -2.05. The van der Waals surface area contributed by atoms with Gasteiger partial charge in [0.25, 0.3) is 0 Å². The Morgan fingerprint density at radius 2 is 1.75 bits per heavy atom. The van der Waals surface area contributed by atoms with Crippen LogP contribution in [0, 0.1) is 0 Å². The van der Waals surface area contributed by atoms with E-state index < -0.39 is 0 Å². The van der Waals surface area contributed by atoms with Gasteiger partial charge in [0.15, 0.2) is 16.8 Å². The molecule has 0 aliphatic rings. The van der Waals surface area contributed by atoms with Gasteiger partial charge in [0.2, 0.25) is 0 Å². The maximum atomic E-state index is 12.6. The van der Waals surface area contributed by atoms with Crippen molar-refractivity contribution in [2.24, 2.45) is 7.05 Å². The standard InChI is InChI=1S/C22H19N3O2S/c1-25-21(16-9-11-19(27-2)12-10-16)23-24-22(25)28-14-20(26)18-8-7-15-5-3-4-6-17(15)13-18/h3-13H,14H2,1-2H3. The van der Waals surface area contributed by atoms with Crippen molar-refractivity contribution in [3.63, 3.8) is 0 Å². The molecule has 0 amide bonds. The summed E-state index contributed by atoms with van der Waals surface area (Å²) in [5.41, 5.74) is 1.66. The lowest BCUT2D eigenvalue weighted by atomic mass is 10.1. The van der Waals surface area contributed by atoms with Gasteiger partial charge in [0.1, 0.15) is 5.75 Å². The summed E-state index contributed by atoms with van der Waals surface area (Å²) in [6, 6.07) is 21.5. The molecule has 6 heteroatoms. The number of hydrogen-bond acceptors (Lipinski definition) is 5. The number of fused-ring (bicyclic) bond motifs is 1. The van der Waals surface area contributed by atoms with Crippen molar-refractivity contribution in [1.29, 1.82) is 0 Å². The first kappa shape index (κ1) is 18.3. The van der Waals surface area contributed by atoms with Crippen LogP contribution in [0.1, 0.15) is 10.4 Å². The van der Waals surface area contributed by atoms with E-state index in [0.29, 0.717) is 16.5 Å². The molecule has 3 aromatic carbocycles. The fourth-order valence-corrected chi connectivity index (χ4v) is 3.81. The lowest BCUT2D eigenvalue weighted by molar-refractivity contribution is 0.102. The second-order valence-corrected chi connectivity index (χ2v) is 7.31. The normalized spacial score (nSPS) is 10.9. The van der Waals surface area contributed by atoms with E-state index in [2.05, 4.69) is 10.2 Å². The number of carbonyl (C=O) groups excluding carboxylic acids is 1. The van der Waals surface area contributed by atoms with Gasteiger partial charge in [-0.05, 0) is 41.1 Å². The summed E-state index contributed by atoms with van der Waals surface area (Å²) in [5.74, 6) is 1.93. The van der Waals surface area contributed by atoms with Crippen molar-refractivity contribution in [3.05, 3.63) is 72.3 Å². The highest BCUT2D eigenvalue weighted by molar-refractivity contribution is 7.99. The third kappa shape index (κ3) is 3.64. The second kappa shape index (κ2) is 7.86. The third-order valence-corrected chi connectivity index (χ3v) is 5.61. The number of aromatic nitrogens is 3. The summed E-state index contributed by atoms with van der Waals surface area (Å²) in [6.45, 7) is 0. The van der Waals surface area contributed by atoms with Crippen LogP contribution in [-0.2, 0) is 7.05 Å². The predicted molar refractivity (Wildman–Crippen MR) is 112 cm³/mol. The van der Waals surface area contributed by atoms with Crippen LogP contribution >= 0.6 is 11.8 Å². The fraction of sp³-hybridized carbons (Fsp3) is 0.136. The number of hydrogen-bond donors (Lipinski definition) is 0. The van der Waals surface area contributed by atoms with Gasteiger partial charge in [-0.1, -0.05) is 48.2 Å². The molecular formula is C22H19N3O2S. The molecule has 140 valence electrons. The first-order chi connectivity index (χ1) is 13.7. The molecule has 0 bridgehead atoms. The first-order valence-corrected chi connectivity index (χ1v) is 9.83. The van der Waals surface area contributed by atoms with E-state index in [1.807, 2.05) is 78.3 Å². The van der Waals surface area contributed by atoms with Gasteiger partial charge in [0.05, 0.1) is 12.9 Å². The summed E-state index contributed by atoms with van der Waals surface area (Å²) in [6.07, 6.45) is 0. The minimum absolute atomic E-state index is 0.0738. The van der Waals surface area contributed by atoms with Crippen LogP contribution in [-0.4, -0.2) is 33.4 Å². The fourth-order valence-electron chi connectivity index (χ4n) is 3.01. The first-order valence-electron chi connectivity index (χ1n) is 8.84. The summed E-state index contributed by atoms with van der Waals surface area (Å²) >= 11 is 1.39. The smallest absolute Gasteiger partial charge is 0.191 e. The van der Waals surface area contributed by atoms with Crippen molar-refractivity contribution < 1.29 is 9.53 Å². The highest BCUT2D eigenvalue weighted by Crippen LogP contribution is 2.25. The number of rotatable bonds is 6. The molecule has 0 spiro atoms. The van der Waals surface area contributed by atoms with Gasteiger partial charge in [-0.2, -0.15) is 0 Å². The molecule has 0 saturated heterocycles. The number of ether oxygens (including phenoxy) is 1. The Kier molecular flexibility index (Phi) is 5.12. The molecule has 0 atom stereocenters. The molecule has 0 fully saturated rings. The summed E-state index contributed by atoms with van der Waals surface area (Å²) in [5, 5.41) is 11.4. The number of methoxy groups -OCH3 is 1. The number of thioether (sulfide) groups is 1. The molecule has 5 nitrogen and oxygen atoms in total. The molecule has 0 aliphatic heterocycles. The van der Waals surface area contributed by atoms with Gasteiger partial charge in [-0.3, -0.25) is 4.79 Å². The van der Waals surface area contributed by atoms with Crippen LogP contribution in [0.2, 0.25) is 0 Å². The number of carbonyl (C=O) groups is 1. The Hall–Kier alpha value is -3.12. The van der Waals surface area contributed by atoms with E-state index in [1.54, 1.807) is 7.11 Å². The van der Waals surface area contributed by atoms with Crippen molar-refractivity contribution in [3.8, 4) is 17.1 Å². The number of benzene rings is 3. The Morgan fingerprint density at radius 3 is 2.50 bits per heavy atom. The minimum atomic E-state index is 0.0738. The highest BCUT2D eigenvalue weighted by atomic mass is 32.2. The Labute approximate surface area is 167 Å². The van der Waals surface area contributed by atoms with Crippen molar-refractivity contribution in [2.45, 2.75) is 5.16 Å². The van der Waals surface area contributed by atoms with Crippen molar-refractivity contribution >= 4 is 28.3 Å². The van der Waals surface area contributed by atoms with E-state index in [9.17, 15) is 4.79 Å². The molecule has 4 rings (SSSR count). The zero-order valence-corrected chi connectivity index (χ0v) is 16.4. The predicted octanol–water partition coefficient (Wildman–Crippen LogP) is 4.62. The van der Waals surface area contributed by atoms with E-state index in [1.165, 1.54) is 11.8 Å². The Bertz CT molecular complexity index is 1140. The Morgan fingerprint density at radius 1 is 1.00 bits per heavy atom. The van der Waals surface area contributed by atoms with Gasteiger partial charge < -0.3 is 9.30 Å². The SMILES string of the molecule is COc1ccc(-c2nnc(SCC(=O)c3ccc4ccccc4c3)n2C)cc1. The maximum absolute atomic E-state index is 12.6. The summed E-state index contributed by atoms with van der Waals surface area (Å²) < 4.78 is 7.09. The molecule has 0 saturated carbocycles. The lowest BCUT2D eigenvalue weighted by Crippen LogP contribution is -2.04. The summed E-state index contributed by atoms with van der Waals surface area (Å²) in [4.78, 5) is 12.6. The maximum Gasteiger partial charge on any atom is 0.191 e. The topological polar surface area (TPSA) is 57.0 Å².